The Hall–Kier alpha value is -1.05. The highest BCUT2D eigenvalue weighted by molar-refractivity contribution is 7.79. The molecule has 0 aliphatic rings. The molecule has 0 saturated carbocycles. The first kappa shape index (κ1) is 30.7. The van der Waals surface area contributed by atoms with E-state index in [4.69, 9.17) is 37.1 Å². The summed E-state index contributed by atoms with van der Waals surface area (Å²) in [4.78, 5) is 61.0. The standard InChI is InChI=1S/2C3H9N2O5P.H2O4S/c2*4-10-3(6)1-5-2-11(7,8)9;1-5(2,3)4/h2*5H,1-2,4H2,(H2,7,8,9);(H2,1,2,3,4). The van der Waals surface area contributed by atoms with Crippen molar-refractivity contribution in [2.24, 2.45) is 11.8 Å². The first-order valence-corrected chi connectivity index (χ1v) is 10.9. The second-order valence-electron chi connectivity index (χ2n) is 3.93. The van der Waals surface area contributed by atoms with Crippen molar-refractivity contribution in [2.75, 3.05) is 25.7 Å². The topological polar surface area (TPSA) is 318 Å². The zero-order valence-electron chi connectivity index (χ0n) is 13.2. The maximum atomic E-state index is 10.2. The molecule has 0 aromatic heterocycles. The number of nitrogens with one attached hydrogen (secondary N) is 2. The van der Waals surface area contributed by atoms with Crippen LogP contribution in [0, 0.1) is 0 Å². The van der Waals surface area contributed by atoms with E-state index in [-0.39, 0.29) is 13.1 Å². The SMILES string of the molecule is NOC(=O)CNCP(=O)(O)O.NOC(=O)CNCP(=O)(O)O.O=S(=O)(O)O. The summed E-state index contributed by atoms with van der Waals surface area (Å²) >= 11 is 0. The fraction of sp³-hybridized carbons (Fsp3) is 0.667. The lowest BCUT2D eigenvalue weighted by Crippen LogP contribution is -2.27. The molecule has 21 heteroatoms. The van der Waals surface area contributed by atoms with Crippen LogP contribution < -0.4 is 22.4 Å². The van der Waals surface area contributed by atoms with Crippen LogP contribution in [0.3, 0.4) is 0 Å². The summed E-state index contributed by atoms with van der Waals surface area (Å²) in [6.45, 7) is -0.636. The lowest BCUT2D eigenvalue weighted by Gasteiger charge is -2.03. The van der Waals surface area contributed by atoms with Gasteiger partial charge in [-0.3, -0.25) is 28.9 Å². The van der Waals surface area contributed by atoms with E-state index in [0.29, 0.717) is 0 Å². The zero-order chi connectivity index (χ0) is 22.3. The van der Waals surface area contributed by atoms with Gasteiger partial charge < -0.3 is 29.2 Å². The largest absolute Gasteiger partial charge is 0.394 e. The highest BCUT2D eigenvalue weighted by Crippen LogP contribution is 2.32. The molecular weight excluding hydrogens is 446 g/mol. The third-order valence-electron chi connectivity index (χ3n) is 1.44. The maximum Gasteiger partial charge on any atom is 0.394 e. The Bertz CT molecular complexity index is 580. The molecule has 0 bridgehead atoms. The van der Waals surface area contributed by atoms with Gasteiger partial charge in [-0.25, -0.2) is 9.59 Å². The Kier molecular flexibility index (Phi) is 17.0. The Morgan fingerprint density at radius 2 is 1.04 bits per heavy atom. The van der Waals surface area contributed by atoms with Crippen molar-refractivity contribution < 1.29 is 65.5 Å². The lowest BCUT2D eigenvalue weighted by atomic mass is 10.7. The third kappa shape index (κ3) is 45.7. The van der Waals surface area contributed by atoms with E-state index in [1.54, 1.807) is 0 Å². The van der Waals surface area contributed by atoms with Crippen LogP contribution in [-0.2, 0) is 38.8 Å². The molecular formula is C6H20N4O14P2S. The summed E-state index contributed by atoms with van der Waals surface area (Å²) in [6.07, 6.45) is -1.13. The molecule has 0 heterocycles. The monoisotopic (exact) mass is 466 g/mol. The van der Waals surface area contributed by atoms with Gasteiger partial charge in [0.1, 0.15) is 0 Å². The summed E-state index contributed by atoms with van der Waals surface area (Å²) < 4.78 is 51.9. The smallest absolute Gasteiger partial charge is 0.372 e. The number of hydrogen-bond donors (Lipinski definition) is 10. The second kappa shape index (κ2) is 14.9. The number of nitrogens with two attached hydrogens (primary N) is 2. The molecule has 18 nitrogen and oxygen atoms in total. The molecule has 0 fully saturated rings. The molecule has 164 valence electrons. The van der Waals surface area contributed by atoms with Gasteiger partial charge in [0.25, 0.3) is 0 Å². The molecule has 0 rings (SSSR count). The van der Waals surface area contributed by atoms with E-state index >= 15 is 0 Å². The van der Waals surface area contributed by atoms with Gasteiger partial charge >= 0.3 is 37.5 Å². The van der Waals surface area contributed by atoms with Crippen LogP contribution in [0.4, 0.5) is 0 Å². The number of carbonyl (C=O) groups is 2. The molecule has 0 aromatic rings. The van der Waals surface area contributed by atoms with Gasteiger partial charge in [-0.1, -0.05) is 0 Å². The van der Waals surface area contributed by atoms with E-state index < -0.39 is 50.1 Å². The predicted molar refractivity (Wildman–Crippen MR) is 84.6 cm³/mol. The average molecular weight is 466 g/mol. The molecule has 12 N–H and O–H groups in total. The van der Waals surface area contributed by atoms with Gasteiger partial charge in [0.15, 0.2) is 0 Å². The third-order valence-corrected chi connectivity index (χ3v) is 2.71. The first-order valence-electron chi connectivity index (χ1n) is 5.91. The van der Waals surface area contributed by atoms with Gasteiger partial charge in [-0.15, -0.1) is 0 Å². The fourth-order valence-corrected chi connectivity index (χ4v) is 1.50. The molecule has 27 heavy (non-hydrogen) atoms. The molecule has 0 aliphatic carbocycles. The maximum absolute atomic E-state index is 10.2. The van der Waals surface area contributed by atoms with Crippen molar-refractivity contribution in [2.45, 2.75) is 0 Å². The summed E-state index contributed by atoms with van der Waals surface area (Å²) in [5, 5.41) is 4.32. The van der Waals surface area contributed by atoms with Crippen LogP contribution in [0.1, 0.15) is 0 Å². The van der Waals surface area contributed by atoms with Crippen molar-refractivity contribution in [3.63, 3.8) is 0 Å². The molecule has 0 spiro atoms. The highest BCUT2D eigenvalue weighted by Gasteiger charge is 2.13. The predicted octanol–water partition coefficient (Wildman–Crippen LogP) is -4.40. The van der Waals surface area contributed by atoms with Gasteiger partial charge in [-0.2, -0.15) is 20.2 Å². The van der Waals surface area contributed by atoms with E-state index in [0.717, 1.165) is 0 Å². The minimum absolute atomic E-state index is 0.318. The summed E-state index contributed by atoms with van der Waals surface area (Å²) in [6, 6.07) is 0. The molecule has 0 unspecified atom stereocenters. The zero-order valence-corrected chi connectivity index (χ0v) is 15.8. The fourth-order valence-electron chi connectivity index (χ4n) is 0.691. The van der Waals surface area contributed by atoms with Crippen LogP contribution in [0.25, 0.3) is 0 Å². The minimum atomic E-state index is -4.67. The Labute approximate surface area is 152 Å². The molecule has 0 radical (unpaired) electrons. The van der Waals surface area contributed by atoms with Gasteiger partial charge in [-0.05, 0) is 0 Å². The van der Waals surface area contributed by atoms with E-state index in [9.17, 15) is 18.7 Å². The number of carbonyl (C=O) groups excluding carboxylic acids is 2. The summed E-state index contributed by atoms with van der Waals surface area (Å²) in [5.41, 5.74) is 0. The average Bonchev–Trinajstić information content (AvgIpc) is 2.43. The van der Waals surface area contributed by atoms with Gasteiger partial charge in [0, 0.05) is 0 Å². The van der Waals surface area contributed by atoms with Crippen molar-refractivity contribution >= 4 is 37.5 Å². The molecule has 0 amide bonds. The Balaban J connectivity index is -0.000000344. The molecule has 0 atom stereocenters. The number of hydrogen-bond acceptors (Lipinski definition) is 12. The van der Waals surface area contributed by atoms with Crippen molar-refractivity contribution in [1.82, 2.24) is 10.6 Å². The molecule has 0 saturated heterocycles. The quantitative estimate of drug-likeness (QED) is 0.0916. The minimum Gasteiger partial charge on any atom is -0.372 e. The van der Waals surface area contributed by atoms with Crippen molar-refractivity contribution in [1.29, 1.82) is 0 Å². The van der Waals surface area contributed by atoms with E-state index in [2.05, 4.69) is 32.1 Å². The van der Waals surface area contributed by atoms with E-state index in [1.165, 1.54) is 0 Å². The van der Waals surface area contributed by atoms with E-state index in [1.807, 2.05) is 0 Å². The molecule has 0 aliphatic heterocycles. The first-order chi connectivity index (χ1) is 11.9. The second-order valence-corrected chi connectivity index (χ2v) is 8.11. The highest BCUT2D eigenvalue weighted by atomic mass is 32.3. The van der Waals surface area contributed by atoms with Gasteiger partial charge in [0.2, 0.25) is 0 Å². The van der Waals surface area contributed by atoms with Crippen LogP contribution in [-0.4, -0.2) is 74.7 Å². The Morgan fingerprint density at radius 1 is 0.815 bits per heavy atom. The summed E-state index contributed by atoms with van der Waals surface area (Å²) in [7, 11) is -12.9. The van der Waals surface area contributed by atoms with Crippen LogP contribution in [0.15, 0.2) is 0 Å². The van der Waals surface area contributed by atoms with Crippen molar-refractivity contribution in [3.8, 4) is 0 Å². The van der Waals surface area contributed by atoms with Crippen LogP contribution in [0.5, 0.6) is 0 Å². The van der Waals surface area contributed by atoms with Crippen LogP contribution >= 0.6 is 15.2 Å². The number of rotatable bonds is 8. The van der Waals surface area contributed by atoms with Crippen LogP contribution in [0.2, 0.25) is 0 Å². The normalized spacial score (nSPS) is 11.3. The van der Waals surface area contributed by atoms with Gasteiger partial charge in [0.05, 0.1) is 25.7 Å². The molecule has 0 aromatic carbocycles. The lowest BCUT2D eigenvalue weighted by molar-refractivity contribution is -0.143. The van der Waals surface area contributed by atoms with Crippen molar-refractivity contribution in [3.05, 3.63) is 0 Å². The Morgan fingerprint density at radius 3 is 1.19 bits per heavy atom. The summed E-state index contributed by atoms with van der Waals surface area (Å²) in [5.74, 6) is 7.32.